The Labute approximate surface area is 154 Å². The van der Waals surface area contributed by atoms with Crippen molar-refractivity contribution < 1.29 is 9.59 Å². The van der Waals surface area contributed by atoms with Gasteiger partial charge in [-0.2, -0.15) is 8.75 Å². The topological polar surface area (TPSA) is 78.4 Å². The van der Waals surface area contributed by atoms with Crippen LogP contribution in [0.2, 0.25) is 5.02 Å². The number of hydrogen-bond acceptors (Lipinski definition) is 6. The fourth-order valence-corrected chi connectivity index (χ4v) is 3.74. The van der Waals surface area contributed by atoms with Crippen molar-refractivity contribution in [2.24, 2.45) is 0 Å². The average molecular weight is 380 g/mol. The van der Waals surface area contributed by atoms with Crippen LogP contribution >= 0.6 is 23.3 Å². The number of anilines is 1. The molecule has 2 amide bonds. The molecule has 1 aromatic carbocycles. The van der Waals surface area contributed by atoms with Gasteiger partial charge in [0.2, 0.25) is 11.8 Å². The summed E-state index contributed by atoms with van der Waals surface area (Å²) in [6, 6.07) is 1.82. The van der Waals surface area contributed by atoms with Gasteiger partial charge < -0.3 is 15.1 Å². The third-order valence-electron chi connectivity index (χ3n) is 4.22. The molecule has 9 heteroatoms. The summed E-state index contributed by atoms with van der Waals surface area (Å²) in [5, 5.41) is 3.73. The number of carbonyl (C=O) groups is 2. The molecule has 0 bridgehead atoms. The van der Waals surface area contributed by atoms with Gasteiger partial charge in [0.15, 0.2) is 0 Å². The van der Waals surface area contributed by atoms with Crippen molar-refractivity contribution in [3.05, 3.63) is 29.3 Å². The van der Waals surface area contributed by atoms with Gasteiger partial charge >= 0.3 is 0 Å². The fraction of sp³-hybridized carbons (Fsp3) is 0.375. The molecule has 0 unspecified atom stereocenters. The Morgan fingerprint density at radius 2 is 1.92 bits per heavy atom. The third kappa shape index (κ3) is 3.59. The van der Waals surface area contributed by atoms with Crippen LogP contribution in [0.3, 0.4) is 0 Å². The van der Waals surface area contributed by atoms with Gasteiger partial charge in [-0.05, 0) is 24.6 Å². The molecule has 0 atom stereocenters. The molecule has 0 aliphatic carbocycles. The zero-order chi connectivity index (χ0) is 18.0. The Bertz CT molecular complexity index is 829. The van der Waals surface area contributed by atoms with Gasteiger partial charge in [0.25, 0.3) is 0 Å². The second-order valence-electron chi connectivity index (χ2n) is 5.78. The second-order valence-corrected chi connectivity index (χ2v) is 6.71. The van der Waals surface area contributed by atoms with Crippen LogP contribution in [-0.4, -0.2) is 63.1 Å². The maximum Gasteiger partial charge on any atom is 0.246 e. The second kappa shape index (κ2) is 7.37. The van der Waals surface area contributed by atoms with Crippen LogP contribution in [0.1, 0.15) is 5.56 Å². The van der Waals surface area contributed by atoms with Crippen LogP contribution in [0.25, 0.3) is 11.0 Å². The molecular formula is C16H18ClN5O2S. The first kappa shape index (κ1) is 17.6. The van der Waals surface area contributed by atoms with Gasteiger partial charge in [-0.15, -0.1) is 0 Å². The Kier molecular flexibility index (Phi) is 5.19. The lowest BCUT2D eigenvalue weighted by atomic mass is 10.1. The number of benzene rings is 1. The summed E-state index contributed by atoms with van der Waals surface area (Å²) in [6.07, 6.45) is 1.30. The number of nitrogens with one attached hydrogen (secondary N) is 1. The van der Waals surface area contributed by atoms with Crippen molar-refractivity contribution in [2.45, 2.75) is 6.92 Å². The maximum atomic E-state index is 12.5. The van der Waals surface area contributed by atoms with Crippen LogP contribution in [0.4, 0.5) is 5.69 Å². The molecule has 1 saturated heterocycles. The van der Waals surface area contributed by atoms with Gasteiger partial charge in [-0.25, -0.2) is 0 Å². The van der Waals surface area contributed by atoms with E-state index in [1.54, 1.807) is 9.80 Å². The minimum Gasteiger partial charge on any atom is -0.374 e. The normalized spacial score (nSPS) is 14.6. The average Bonchev–Trinajstić information content (AvgIpc) is 3.11. The highest BCUT2D eigenvalue weighted by atomic mass is 35.5. The number of rotatable bonds is 4. The number of fused-ring (bicyclic) bond motifs is 1. The van der Waals surface area contributed by atoms with E-state index in [2.05, 4.69) is 20.6 Å². The minimum atomic E-state index is -0.0968. The highest BCUT2D eigenvalue weighted by Gasteiger charge is 2.23. The van der Waals surface area contributed by atoms with E-state index >= 15 is 0 Å². The lowest BCUT2D eigenvalue weighted by Crippen LogP contribution is -2.51. The maximum absolute atomic E-state index is 12.5. The number of piperazine rings is 1. The minimum absolute atomic E-state index is 0.0172. The molecule has 1 aliphatic rings. The van der Waals surface area contributed by atoms with E-state index in [1.807, 2.05) is 13.0 Å². The Balaban J connectivity index is 1.63. The zero-order valence-corrected chi connectivity index (χ0v) is 15.4. The number of aryl methyl sites for hydroxylation is 1. The molecule has 1 aliphatic heterocycles. The molecule has 1 fully saturated rings. The number of aromatic nitrogens is 2. The molecular weight excluding hydrogens is 362 g/mol. The molecule has 1 N–H and O–H groups in total. The number of carbonyl (C=O) groups excluding carboxylic acids is 2. The summed E-state index contributed by atoms with van der Waals surface area (Å²) in [4.78, 5) is 27.5. The van der Waals surface area contributed by atoms with E-state index in [1.165, 1.54) is 6.08 Å². The molecule has 3 rings (SSSR count). The Hall–Kier alpha value is -2.19. The summed E-state index contributed by atoms with van der Waals surface area (Å²) in [7, 11) is 0. The van der Waals surface area contributed by atoms with E-state index < -0.39 is 0 Å². The number of halogens is 1. The third-order valence-corrected chi connectivity index (χ3v) is 5.04. The van der Waals surface area contributed by atoms with Gasteiger partial charge in [-0.1, -0.05) is 18.2 Å². The molecule has 0 radical (unpaired) electrons. The van der Waals surface area contributed by atoms with E-state index in [0.717, 1.165) is 23.0 Å². The number of nitrogens with zero attached hydrogens (tertiary/aromatic N) is 4. The largest absolute Gasteiger partial charge is 0.374 e. The molecule has 2 heterocycles. The van der Waals surface area contributed by atoms with Crippen molar-refractivity contribution in [1.29, 1.82) is 0 Å². The van der Waals surface area contributed by atoms with Crippen molar-refractivity contribution in [3.8, 4) is 0 Å². The quantitative estimate of drug-likeness (QED) is 0.821. The fourth-order valence-electron chi connectivity index (χ4n) is 2.83. The Morgan fingerprint density at radius 1 is 1.28 bits per heavy atom. The lowest BCUT2D eigenvalue weighted by Gasteiger charge is -2.34. The van der Waals surface area contributed by atoms with Gasteiger partial charge in [0.05, 0.1) is 29.0 Å². The molecule has 25 heavy (non-hydrogen) atoms. The van der Waals surface area contributed by atoms with E-state index in [-0.39, 0.29) is 18.4 Å². The van der Waals surface area contributed by atoms with Crippen LogP contribution in [-0.2, 0) is 9.59 Å². The Morgan fingerprint density at radius 3 is 2.60 bits per heavy atom. The van der Waals surface area contributed by atoms with Gasteiger partial charge in [0, 0.05) is 26.2 Å². The first-order chi connectivity index (χ1) is 12.0. The van der Waals surface area contributed by atoms with Crippen molar-refractivity contribution in [2.75, 3.05) is 38.0 Å². The molecule has 0 spiro atoms. The molecule has 1 aromatic heterocycles. The van der Waals surface area contributed by atoms with Crippen molar-refractivity contribution >= 4 is 51.9 Å². The number of hydrogen-bond donors (Lipinski definition) is 1. The lowest BCUT2D eigenvalue weighted by molar-refractivity contribution is -0.135. The predicted octanol–water partition coefficient (Wildman–Crippen LogP) is 1.92. The zero-order valence-electron chi connectivity index (χ0n) is 13.8. The highest BCUT2D eigenvalue weighted by molar-refractivity contribution is 7.00. The predicted molar refractivity (Wildman–Crippen MR) is 99.0 cm³/mol. The summed E-state index contributed by atoms with van der Waals surface area (Å²) >= 11 is 7.27. The smallest absolute Gasteiger partial charge is 0.246 e. The van der Waals surface area contributed by atoms with E-state index in [9.17, 15) is 9.59 Å². The van der Waals surface area contributed by atoms with Crippen LogP contribution < -0.4 is 5.32 Å². The molecule has 0 saturated carbocycles. The van der Waals surface area contributed by atoms with Crippen molar-refractivity contribution in [3.63, 3.8) is 0 Å². The molecule has 132 valence electrons. The van der Waals surface area contributed by atoms with Crippen LogP contribution in [0.15, 0.2) is 18.7 Å². The monoisotopic (exact) mass is 379 g/mol. The molecule has 7 nitrogen and oxygen atoms in total. The molecule has 2 aromatic rings. The van der Waals surface area contributed by atoms with E-state index in [0.29, 0.717) is 42.2 Å². The standard InChI is InChI=1S/C16H18ClN5O2S/c1-3-12(23)21-4-6-22(7-5-21)13(24)9-18-14-10(2)8-11(17)15-16(14)20-25-19-15/h3,8,18H,1,4-7,9H2,2H3. The van der Waals surface area contributed by atoms with E-state index in [4.69, 9.17) is 11.6 Å². The summed E-state index contributed by atoms with van der Waals surface area (Å²) in [5.74, 6) is -0.114. The summed E-state index contributed by atoms with van der Waals surface area (Å²) in [6.45, 7) is 7.65. The number of amides is 2. The SMILES string of the molecule is C=CC(=O)N1CCN(C(=O)CNc2c(C)cc(Cl)c3nsnc23)CC1. The van der Waals surface area contributed by atoms with Crippen LogP contribution in [0.5, 0.6) is 0 Å². The van der Waals surface area contributed by atoms with Gasteiger partial charge in [-0.3, -0.25) is 9.59 Å². The first-order valence-corrected chi connectivity index (χ1v) is 8.96. The summed E-state index contributed by atoms with van der Waals surface area (Å²) in [5.41, 5.74) is 3.02. The van der Waals surface area contributed by atoms with Gasteiger partial charge in [0.1, 0.15) is 11.0 Å². The first-order valence-electron chi connectivity index (χ1n) is 7.85. The highest BCUT2D eigenvalue weighted by Crippen LogP contribution is 2.31. The van der Waals surface area contributed by atoms with Crippen molar-refractivity contribution in [1.82, 2.24) is 18.5 Å². The summed E-state index contributed by atoms with van der Waals surface area (Å²) < 4.78 is 8.46. The van der Waals surface area contributed by atoms with Crippen LogP contribution in [0, 0.1) is 6.92 Å².